The number of hydrogen-bond donors (Lipinski definition) is 1. The highest BCUT2D eigenvalue weighted by Gasteiger charge is 2.57. The van der Waals surface area contributed by atoms with Crippen molar-refractivity contribution in [3.8, 4) is 17.2 Å². The molecule has 2 atom stereocenters. The van der Waals surface area contributed by atoms with Crippen molar-refractivity contribution in [2.75, 3.05) is 50.5 Å². The highest BCUT2D eigenvalue weighted by atomic mass is 32.2. The summed E-state index contributed by atoms with van der Waals surface area (Å²) >= 11 is -1.36. The lowest BCUT2D eigenvalue weighted by Crippen LogP contribution is -2.49. The maximum atomic E-state index is 13.8. The molecule has 2 aliphatic rings. The molecule has 214 valence electrons. The third kappa shape index (κ3) is 5.98. The number of nitrogens with zero attached hydrogens (tertiary/aromatic N) is 4. The fourth-order valence-corrected chi connectivity index (χ4v) is 5.70. The lowest BCUT2D eigenvalue weighted by molar-refractivity contribution is 0.0853. The van der Waals surface area contributed by atoms with Gasteiger partial charge in [0, 0.05) is 42.5 Å². The van der Waals surface area contributed by atoms with Gasteiger partial charge < -0.3 is 24.7 Å². The first kappa shape index (κ1) is 28.1. The van der Waals surface area contributed by atoms with Gasteiger partial charge in [-0.05, 0) is 24.3 Å². The van der Waals surface area contributed by atoms with Crippen molar-refractivity contribution in [1.82, 2.24) is 14.1 Å². The zero-order valence-electron chi connectivity index (χ0n) is 21.5. The van der Waals surface area contributed by atoms with E-state index in [-0.39, 0.29) is 29.3 Å². The van der Waals surface area contributed by atoms with Gasteiger partial charge in [-0.2, -0.15) is 9.78 Å². The van der Waals surface area contributed by atoms with E-state index in [1.165, 1.54) is 13.3 Å². The summed E-state index contributed by atoms with van der Waals surface area (Å²) in [6.07, 6.45) is 0.957. The van der Waals surface area contributed by atoms with E-state index in [4.69, 9.17) is 15.2 Å². The Morgan fingerprint density at radius 3 is 2.42 bits per heavy atom. The zero-order valence-corrected chi connectivity index (χ0v) is 22.3. The van der Waals surface area contributed by atoms with Gasteiger partial charge in [-0.3, -0.25) is 4.79 Å². The first-order chi connectivity index (χ1) is 19.1. The van der Waals surface area contributed by atoms with E-state index in [0.29, 0.717) is 43.7 Å². The van der Waals surface area contributed by atoms with Crippen LogP contribution in [-0.4, -0.2) is 64.5 Å². The molecule has 9 nitrogen and oxygen atoms in total. The average Bonchev–Trinajstić information content (AvgIpc) is 3.54. The maximum absolute atomic E-state index is 13.8. The number of ether oxygens (including phenoxy) is 2. The van der Waals surface area contributed by atoms with Crippen molar-refractivity contribution >= 4 is 22.7 Å². The van der Waals surface area contributed by atoms with Gasteiger partial charge in [0.25, 0.3) is 5.92 Å². The van der Waals surface area contributed by atoms with Gasteiger partial charge >= 0.3 is 5.56 Å². The topological polar surface area (TPSA) is 109 Å². The minimum atomic E-state index is -2.86. The third-order valence-corrected chi connectivity index (χ3v) is 8.37. The second-order valence-electron chi connectivity index (χ2n) is 9.63. The quantitative estimate of drug-likeness (QED) is 0.233. The Bertz CT molecular complexity index is 1430. The summed E-state index contributed by atoms with van der Waals surface area (Å²) in [5.74, 6) is -5.20. The summed E-state index contributed by atoms with van der Waals surface area (Å²) in [4.78, 5) is 15.1. The number of hydrogen-bond acceptors (Lipinski definition) is 8. The lowest BCUT2D eigenvalue weighted by Gasteiger charge is -2.36. The minimum absolute atomic E-state index is 0.171. The highest BCUT2D eigenvalue weighted by Crippen LogP contribution is 2.48. The van der Waals surface area contributed by atoms with Crippen LogP contribution in [0.25, 0.3) is 5.69 Å². The molecule has 0 bridgehead atoms. The van der Waals surface area contributed by atoms with Crippen LogP contribution in [-0.2, 0) is 17.1 Å². The number of rotatable bonds is 9. The smallest absolute Gasteiger partial charge is 0.316 e. The molecule has 0 spiro atoms. The van der Waals surface area contributed by atoms with E-state index in [1.54, 1.807) is 27.4 Å². The number of anilines is 2. The van der Waals surface area contributed by atoms with Crippen molar-refractivity contribution in [3.05, 3.63) is 70.1 Å². The first-order valence-electron chi connectivity index (χ1n) is 12.5. The second kappa shape index (κ2) is 11.2. The molecule has 40 heavy (non-hydrogen) atoms. The van der Waals surface area contributed by atoms with E-state index in [0.717, 1.165) is 22.4 Å². The van der Waals surface area contributed by atoms with Crippen LogP contribution in [0.4, 0.5) is 28.9 Å². The molecule has 2 unspecified atom stereocenters. The van der Waals surface area contributed by atoms with Crippen LogP contribution in [0.5, 0.6) is 11.5 Å². The second-order valence-corrected chi connectivity index (χ2v) is 11.1. The minimum Gasteiger partial charge on any atom is -0.598 e. The number of benzene rings is 2. The van der Waals surface area contributed by atoms with Crippen molar-refractivity contribution in [1.29, 1.82) is 0 Å². The van der Waals surface area contributed by atoms with Gasteiger partial charge in [-0.25, -0.2) is 17.6 Å². The van der Waals surface area contributed by atoms with E-state index >= 15 is 0 Å². The van der Waals surface area contributed by atoms with Crippen LogP contribution >= 0.6 is 0 Å². The van der Waals surface area contributed by atoms with Crippen molar-refractivity contribution in [2.24, 2.45) is 5.92 Å². The molecular weight excluding hydrogens is 554 g/mol. The monoisotopic (exact) mass is 581 g/mol. The summed E-state index contributed by atoms with van der Waals surface area (Å²) in [6, 6.07) is 7.73. The highest BCUT2D eigenvalue weighted by molar-refractivity contribution is 7.88. The number of nitrogens with two attached hydrogens (primary N) is 1. The van der Waals surface area contributed by atoms with Crippen LogP contribution < -0.4 is 25.7 Å². The summed E-state index contributed by atoms with van der Waals surface area (Å²) in [7, 11) is 1.50. The molecule has 0 amide bonds. The normalized spacial score (nSPS) is 19.4. The number of halogens is 4. The molecule has 2 fully saturated rings. The molecular formula is C26H27F4N5O4S. The number of methoxy groups -OCH3 is 1. The number of aromatic nitrogens is 2. The first-order valence-corrected chi connectivity index (χ1v) is 13.7. The molecule has 1 saturated heterocycles. The average molecular weight is 582 g/mol. The number of nitrogen functional groups attached to an aromatic ring is 1. The van der Waals surface area contributed by atoms with Crippen LogP contribution in [0.2, 0.25) is 0 Å². The summed E-state index contributed by atoms with van der Waals surface area (Å²) < 4.78 is 81.1. The van der Waals surface area contributed by atoms with E-state index in [9.17, 15) is 26.9 Å². The molecule has 1 aliphatic heterocycles. The van der Waals surface area contributed by atoms with Crippen molar-refractivity contribution in [3.63, 3.8) is 0 Å². The molecule has 2 heterocycles. The molecule has 1 aromatic heterocycles. The van der Waals surface area contributed by atoms with Gasteiger partial charge in [-0.15, -0.1) is 4.31 Å². The van der Waals surface area contributed by atoms with Crippen LogP contribution in [0.15, 0.2) is 47.4 Å². The van der Waals surface area contributed by atoms with Crippen LogP contribution in [0.1, 0.15) is 12.0 Å². The van der Waals surface area contributed by atoms with Gasteiger partial charge in [0.05, 0.1) is 50.3 Å². The summed E-state index contributed by atoms with van der Waals surface area (Å²) in [6.45, 7) is 1.03. The number of alkyl halides is 2. The standard InChI is InChI=1S/C26H27F4N5O4S/c1-38-23-8-16(2-3-21(23)31)15-40(37)34-6-4-33(5-7-34)22-13-32-35(20-10-18(27)9-19(28)11-20)25(36)24(22)39-14-17-12-26(17,29)30/h2-3,8-11,13,17H,4-7,12,14-15,31H2,1H3. The van der Waals surface area contributed by atoms with E-state index < -0.39 is 47.0 Å². The summed E-state index contributed by atoms with van der Waals surface area (Å²) in [5.41, 5.74) is 6.37. The van der Waals surface area contributed by atoms with Gasteiger partial charge in [-0.1, -0.05) is 6.07 Å². The van der Waals surface area contributed by atoms with Crippen molar-refractivity contribution in [2.45, 2.75) is 18.1 Å². The molecule has 3 aromatic rings. The number of piperazine rings is 1. The SMILES string of the molecule is COc1cc(C[S+]([O-])N2CCN(c3cnn(-c4cc(F)cc(F)c4)c(=O)c3OCC3CC3(F)F)CC2)ccc1N. The van der Waals surface area contributed by atoms with Gasteiger partial charge in [0.2, 0.25) is 5.75 Å². The Morgan fingerprint density at radius 1 is 1.12 bits per heavy atom. The summed E-state index contributed by atoms with van der Waals surface area (Å²) in [5, 5.41) is 4.08. The predicted molar refractivity (Wildman–Crippen MR) is 141 cm³/mol. The Labute approximate surface area is 230 Å². The zero-order chi connectivity index (χ0) is 28.6. The molecule has 2 N–H and O–H groups in total. The third-order valence-electron chi connectivity index (χ3n) is 6.85. The van der Waals surface area contributed by atoms with Crippen LogP contribution in [0, 0.1) is 17.6 Å². The molecule has 0 radical (unpaired) electrons. The fraction of sp³-hybridized carbons (Fsp3) is 0.385. The Hall–Kier alpha value is -3.49. The van der Waals surface area contributed by atoms with E-state index in [1.807, 2.05) is 0 Å². The Balaban J connectivity index is 1.33. The molecule has 1 saturated carbocycles. The molecule has 5 rings (SSSR count). The Morgan fingerprint density at radius 2 is 1.80 bits per heavy atom. The molecule has 1 aliphatic carbocycles. The van der Waals surface area contributed by atoms with Crippen LogP contribution in [0.3, 0.4) is 0 Å². The lowest BCUT2D eigenvalue weighted by atomic mass is 10.2. The van der Waals surface area contributed by atoms with Crippen molar-refractivity contribution < 1.29 is 31.6 Å². The molecule has 2 aromatic carbocycles. The largest absolute Gasteiger partial charge is 0.598 e. The van der Waals surface area contributed by atoms with E-state index in [2.05, 4.69) is 5.10 Å². The maximum Gasteiger partial charge on any atom is 0.316 e. The van der Waals surface area contributed by atoms with Gasteiger partial charge in [0.1, 0.15) is 23.1 Å². The Kier molecular flexibility index (Phi) is 7.84. The molecule has 14 heteroatoms. The fourth-order valence-electron chi connectivity index (χ4n) is 4.48. The predicted octanol–water partition coefficient (Wildman–Crippen LogP) is 3.12. The van der Waals surface area contributed by atoms with Gasteiger partial charge in [0.15, 0.2) is 5.75 Å².